The van der Waals surface area contributed by atoms with Gasteiger partial charge in [0.25, 0.3) is 0 Å². The van der Waals surface area contributed by atoms with Gasteiger partial charge in [-0.05, 0) is 70.6 Å². The molecule has 63 heavy (non-hydrogen) atoms. The van der Waals surface area contributed by atoms with E-state index in [2.05, 4.69) is 69.4 Å². The van der Waals surface area contributed by atoms with Gasteiger partial charge in [0.15, 0.2) is 6.10 Å². The Hall–Kier alpha value is -2.63. The molecule has 0 amide bonds. The van der Waals surface area contributed by atoms with Crippen LogP contribution in [0.2, 0.25) is 0 Å². The van der Waals surface area contributed by atoms with E-state index in [-0.39, 0.29) is 37.5 Å². The van der Waals surface area contributed by atoms with Crippen LogP contribution < -0.4 is 0 Å². The lowest BCUT2D eigenvalue weighted by atomic mass is 10.0. The summed E-state index contributed by atoms with van der Waals surface area (Å²) in [5.41, 5.74) is 0. The molecule has 0 spiro atoms. The fraction of sp³-hybridized carbons (Fsp3) is 0.807. The Morgan fingerprint density at radius 1 is 0.317 bits per heavy atom. The molecule has 0 saturated carbocycles. The van der Waals surface area contributed by atoms with Crippen molar-refractivity contribution in [1.82, 2.24) is 0 Å². The van der Waals surface area contributed by atoms with Crippen molar-refractivity contribution in [3.63, 3.8) is 0 Å². The van der Waals surface area contributed by atoms with E-state index in [1.807, 2.05) is 0 Å². The maximum absolute atomic E-state index is 12.8. The summed E-state index contributed by atoms with van der Waals surface area (Å²) < 4.78 is 16.8. The van der Waals surface area contributed by atoms with Crippen LogP contribution in [-0.4, -0.2) is 37.2 Å². The summed E-state index contributed by atoms with van der Waals surface area (Å²) in [6.45, 7) is 6.57. The minimum atomic E-state index is -0.799. The first-order valence-electron chi connectivity index (χ1n) is 27.1. The highest BCUT2D eigenvalue weighted by Crippen LogP contribution is 2.16. The van der Waals surface area contributed by atoms with Crippen LogP contribution in [0.1, 0.15) is 278 Å². The molecule has 0 aliphatic carbocycles. The van der Waals surface area contributed by atoms with Gasteiger partial charge in [0, 0.05) is 19.3 Å². The monoisotopic (exact) mass is 883 g/mol. The van der Waals surface area contributed by atoms with Crippen LogP contribution >= 0.6 is 0 Å². The second-order valence-corrected chi connectivity index (χ2v) is 18.1. The first-order chi connectivity index (χ1) is 31.0. The summed E-state index contributed by atoms with van der Waals surface area (Å²) in [6, 6.07) is 0. The smallest absolute Gasteiger partial charge is 0.306 e. The molecule has 0 fully saturated rings. The molecular formula is C57H102O6. The van der Waals surface area contributed by atoms with E-state index >= 15 is 0 Å². The van der Waals surface area contributed by atoms with E-state index in [4.69, 9.17) is 14.2 Å². The van der Waals surface area contributed by atoms with E-state index in [9.17, 15) is 14.4 Å². The quantitative estimate of drug-likeness (QED) is 0.0262. The van der Waals surface area contributed by atoms with Gasteiger partial charge in [-0.2, -0.15) is 0 Å². The van der Waals surface area contributed by atoms with Crippen LogP contribution in [0.15, 0.2) is 48.6 Å². The molecule has 6 nitrogen and oxygen atoms in total. The molecule has 0 heterocycles. The molecule has 0 aromatic carbocycles. The Labute approximate surface area is 390 Å². The Kier molecular flexibility index (Phi) is 49.8. The summed E-state index contributed by atoms with van der Waals surface area (Å²) in [7, 11) is 0. The number of esters is 3. The molecule has 0 aliphatic rings. The zero-order valence-corrected chi connectivity index (χ0v) is 41.8. The third-order valence-corrected chi connectivity index (χ3v) is 11.8. The van der Waals surface area contributed by atoms with Gasteiger partial charge >= 0.3 is 17.9 Å². The van der Waals surface area contributed by atoms with Gasteiger partial charge in [-0.3, -0.25) is 14.4 Å². The Bertz CT molecular complexity index is 1110. The Morgan fingerprint density at radius 2 is 0.603 bits per heavy atom. The molecule has 6 heteroatoms. The summed E-state index contributed by atoms with van der Waals surface area (Å²) in [5.74, 6) is -0.946. The van der Waals surface area contributed by atoms with Gasteiger partial charge in [-0.25, -0.2) is 0 Å². The largest absolute Gasteiger partial charge is 0.462 e. The van der Waals surface area contributed by atoms with Gasteiger partial charge < -0.3 is 14.2 Å². The predicted octanol–water partition coefficient (Wildman–Crippen LogP) is 17.9. The van der Waals surface area contributed by atoms with Crippen molar-refractivity contribution in [1.29, 1.82) is 0 Å². The highest BCUT2D eigenvalue weighted by molar-refractivity contribution is 5.71. The van der Waals surface area contributed by atoms with Crippen molar-refractivity contribution < 1.29 is 28.6 Å². The molecule has 0 N–H and O–H groups in total. The molecule has 0 unspecified atom stereocenters. The molecule has 0 radical (unpaired) electrons. The lowest BCUT2D eigenvalue weighted by molar-refractivity contribution is -0.167. The maximum atomic E-state index is 12.8. The number of rotatable bonds is 49. The minimum absolute atomic E-state index is 0.0931. The number of allylic oxidation sites excluding steroid dienone is 8. The highest BCUT2D eigenvalue weighted by Gasteiger charge is 2.19. The maximum Gasteiger partial charge on any atom is 0.306 e. The highest BCUT2D eigenvalue weighted by atomic mass is 16.6. The van der Waals surface area contributed by atoms with E-state index in [0.717, 1.165) is 64.2 Å². The average Bonchev–Trinajstić information content (AvgIpc) is 3.28. The van der Waals surface area contributed by atoms with Crippen LogP contribution in [-0.2, 0) is 28.6 Å². The van der Waals surface area contributed by atoms with Gasteiger partial charge in [0.2, 0.25) is 0 Å². The molecule has 0 aromatic rings. The predicted molar refractivity (Wildman–Crippen MR) is 270 cm³/mol. The molecule has 0 saturated heterocycles. The summed E-state index contributed by atoms with van der Waals surface area (Å²) in [4.78, 5) is 38.0. The van der Waals surface area contributed by atoms with Crippen LogP contribution in [0.5, 0.6) is 0 Å². The molecule has 366 valence electrons. The summed E-state index contributed by atoms with van der Waals surface area (Å²) in [6.07, 6.45) is 62.5. The van der Waals surface area contributed by atoms with E-state index < -0.39 is 6.10 Å². The zero-order chi connectivity index (χ0) is 45.8. The summed E-state index contributed by atoms with van der Waals surface area (Å²) in [5, 5.41) is 0. The van der Waals surface area contributed by atoms with Crippen LogP contribution in [0.25, 0.3) is 0 Å². The number of hydrogen-bond acceptors (Lipinski definition) is 6. The number of unbranched alkanes of at least 4 members (excludes halogenated alkanes) is 30. The Balaban J connectivity index is 4.40. The van der Waals surface area contributed by atoms with Crippen molar-refractivity contribution in [2.45, 2.75) is 284 Å². The SMILES string of the molecule is CCCC/C=C\CCCCCCCC(=O)OC[C@H](COC(=O)CCCCCCCCCCCCCCCCCCC)OC(=O)CCC/C=C\C/C=C\C/C=C\CCCCCCCC. The first kappa shape index (κ1) is 60.4. The van der Waals surface area contributed by atoms with Gasteiger partial charge in [-0.15, -0.1) is 0 Å². The van der Waals surface area contributed by atoms with Crippen molar-refractivity contribution in [3.8, 4) is 0 Å². The lowest BCUT2D eigenvalue weighted by Gasteiger charge is -2.18. The van der Waals surface area contributed by atoms with Crippen LogP contribution in [0.3, 0.4) is 0 Å². The standard InChI is InChI=1S/C57H102O6/c1-4-7-10-13-16-19-22-24-26-28-30-32-35-38-41-44-47-50-56(59)62-53-54(52-61-55(58)49-46-43-40-37-34-21-18-15-12-9-6-3)63-57(60)51-48-45-42-39-36-33-31-29-27-25-23-20-17-14-11-8-5-2/h15,18,25,27,31,33,39,42,54H,4-14,16-17,19-24,26,28-30,32,34-38,40-41,43-53H2,1-3H3/b18-15-,27-25-,33-31-,42-39-/t54-/m1/s1. The van der Waals surface area contributed by atoms with Gasteiger partial charge in [0.05, 0.1) is 0 Å². The topological polar surface area (TPSA) is 78.9 Å². The van der Waals surface area contributed by atoms with Crippen molar-refractivity contribution in [3.05, 3.63) is 48.6 Å². The van der Waals surface area contributed by atoms with Crippen molar-refractivity contribution >= 4 is 17.9 Å². The number of carbonyl (C=O) groups excluding carboxylic acids is 3. The van der Waals surface area contributed by atoms with Crippen molar-refractivity contribution in [2.75, 3.05) is 13.2 Å². The molecule has 0 bridgehead atoms. The summed E-state index contributed by atoms with van der Waals surface area (Å²) >= 11 is 0. The first-order valence-corrected chi connectivity index (χ1v) is 27.1. The minimum Gasteiger partial charge on any atom is -0.462 e. The zero-order valence-electron chi connectivity index (χ0n) is 41.8. The number of hydrogen-bond donors (Lipinski definition) is 0. The number of carbonyl (C=O) groups is 3. The van der Waals surface area contributed by atoms with E-state index in [1.54, 1.807) is 0 Å². The molecule has 0 aliphatic heterocycles. The lowest BCUT2D eigenvalue weighted by Crippen LogP contribution is -2.30. The second-order valence-electron chi connectivity index (χ2n) is 18.1. The average molecular weight is 883 g/mol. The second kappa shape index (κ2) is 52.0. The van der Waals surface area contributed by atoms with E-state index in [1.165, 1.54) is 167 Å². The number of ether oxygens (including phenoxy) is 3. The molecule has 0 rings (SSSR count). The molecular weight excluding hydrogens is 781 g/mol. The van der Waals surface area contributed by atoms with Crippen LogP contribution in [0, 0.1) is 0 Å². The van der Waals surface area contributed by atoms with Crippen molar-refractivity contribution in [2.24, 2.45) is 0 Å². The molecule has 1 atom stereocenters. The normalized spacial score (nSPS) is 12.4. The third kappa shape index (κ3) is 50.2. The van der Waals surface area contributed by atoms with Crippen LogP contribution in [0.4, 0.5) is 0 Å². The fourth-order valence-corrected chi connectivity index (χ4v) is 7.68. The van der Waals surface area contributed by atoms with Gasteiger partial charge in [-0.1, -0.05) is 236 Å². The van der Waals surface area contributed by atoms with E-state index in [0.29, 0.717) is 19.3 Å². The van der Waals surface area contributed by atoms with Gasteiger partial charge in [0.1, 0.15) is 13.2 Å². The fourth-order valence-electron chi connectivity index (χ4n) is 7.68. The third-order valence-electron chi connectivity index (χ3n) is 11.8. The molecule has 0 aromatic heterocycles. The Morgan fingerprint density at radius 3 is 1.00 bits per heavy atom.